The van der Waals surface area contributed by atoms with E-state index in [1.165, 1.54) is 0 Å². The number of Topliss-reactive ketones (excluding diaryl/α,β-unsaturated/α-hetero) is 1. The van der Waals surface area contributed by atoms with Crippen molar-refractivity contribution in [1.29, 1.82) is 0 Å². The van der Waals surface area contributed by atoms with Crippen molar-refractivity contribution in [2.24, 2.45) is 34.5 Å². The van der Waals surface area contributed by atoms with E-state index < -0.39 is 52.7 Å². The van der Waals surface area contributed by atoms with E-state index in [-0.39, 0.29) is 79.6 Å². The third kappa shape index (κ3) is 9.58. The first-order chi connectivity index (χ1) is 22.6. The first-order valence-electron chi connectivity index (χ1n) is 15.9. The molecule has 0 spiro atoms. The third-order valence-electron chi connectivity index (χ3n) is 10.2. The standard InChI is InChI=1S/C27H36N2O9.C4H7NO5/c1-26-10-9-17(30)12-16(26)5-6-18-19-7-8-20(27(19,2)13-21(31)25(18)26)22(32)15-37-24(34)14-28-23(33)4-3-11-38-29(35)36;6-4(7)2-1-3-10-5(8)9/h9-10,12,18-21,25,31H,3-8,11,13-15H2,1-2H3,(H,28,33);1-3H2,(H,6,7). The largest absolute Gasteiger partial charge is 0.481 e. The lowest BCUT2D eigenvalue weighted by molar-refractivity contribution is -0.757. The summed E-state index contributed by atoms with van der Waals surface area (Å²) in [6, 6.07) is 0. The molecule has 0 aromatic carbocycles. The first-order valence-corrected chi connectivity index (χ1v) is 15.9. The van der Waals surface area contributed by atoms with E-state index in [2.05, 4.69) is 28.8 Å². The van der Waals surface area contributed by atoms with Gasteiger partial charge in [0.2, 0.25) is 5.91 Å². The molecule has 266 valence electrons. The van der Waals surface area contributed by atoms with Crippen LogP contribution in [0.1, 0.15) is 71.6 Å². The van der Waals surface area contributed by atoms with Crippen molar-refractivity contribution in [3.05, 3.63) is 44.0 Å². The Bertz CT molecular complexity index is 1320. The van der Waals surface area contributed by atoms with Crippen LogP contribution >= 0.6 is 0 Å². The predicted octanol–water partition coefficient (Wildman–Crippen LogP) is 2.16. The van der Waals surface area contributed by atoms with Gasteiger partial charge < -0.3 is 29.9 Å². The van der Waals surface area contributed by atoms with Crippen molar-refractivity contribution >= 4 is 29.4 Å². The van der Waals surface area contributed by atoms with E-state index in [4.69, 9.17) is 9.84 Å². The van der Waals surface area contributed by atoms with E-state index in [0.717, 1.165) is 24.8 Å². The summed E-state index contributed by atoms with van der Waals surface area (Å²) >= 11 is 0. The number of aliphatic carboxylic acids is 1. The molecule has 4 rings (SSSR count). The minimum absolute atomic E-state index is 0.00556. The van der Waals surface area contributed by atoms with Crippen LogP contribution in [0.2, 0.25) is 0 Å². The van der Waals surface area contributed by atoms with Gasteiger partial charge in [0, 0.05) is 30.1 Å². The maximum absolute atomic E-state index is 13.2. The number of ether oxygens (including phenoxy) is 1. The van der Waals surface area contributed by atoms with Crippen LogP contribution in [-0.2, 0) is 38.4 Å². The highest BCUT2D eigenvalue weighted by Gasteiger charge is 2.62. The van der Waals surface area contributed by atoms with Gasteiger partial charge in [-0.25, -0.2) is 0 Å². The molecular weight excluding hydrogens is 638 g/mol. The van der Waals surface area contributed by atoms with Crippen molar-refractivity contribution < 1.29 is 58.8 Å². The lowest BCUT2D eigenvalue weighted by Gasteiger charge is -2.58. The highest BCUT2D eigenvalue weighted by molar-refractivity contribution is 6.01. The van der Waals surface area contributed by atoms with Crippen LogP contribution in [0.4, 0.5) is 0 Å². The molecule has 17 heteroatoms. The average Bonchev–Trinajstić information content (AvgIpc) is 3.36. The number of nitrogens with one attached hydrogen (secondary N) is 1. The molecule has 0 saturated heterocycles. The number of amides is 1. The molecule has 3 N–H and O–H groups in total. The second-order valence-electron chi connectivity index (χ2n) is 13.0. The number of rotatable bonds is 15. The van der Waals surface area contributed by atoms with Crippen molar-refractivity contribution in [1.82, 2.24) is 5.32 Å². The normalized spacial score (nSPS) is 29.8. The van der Waals surface area contributed by atoms with Gasteiger partial charge in [-0.3, -0.25) is 24.0 Å². The summed E-state index contributed by atoms with van der Waals surface area (Å²) in [4.78, 5) is 86.4. The summed E-state index contributed by atoms with van der Waals surface area (Å²) in [5, 5.41) is 39.5. The molecule has 1 amide bonds. The highest BCUT2D eigenvalue weighted by atomic mass is 17.0. The number of allylic oxidation sites excluding steroid dienone is 4. The van der Waals surface area contributed by atoms with Crippen molar-refractivity contribution in [3.63, 3.8) is 0 Å². The number of hydrogen-bond acceptors (Lipinski definition) is 13. The second kappa shape index (κ2) is 16.6. The molecule has 48 heavy (non-hydrogen) atoms. The molecule has 0 radical (unpaired) electrons. The summed E-state index contributed by atoms with van der Waals surface area (Å²) in [6.45, 7) is 3.02. The monoisotopic (exact) mass is 681 g/mol. The zero-order valence-electron chi connectivity index (χ0n) is 27.0. The van der Waals surface area contributed by atoms with Crippen LogP contribution in [-0.4, -0.2) is 82.3 Å². The Kier molecular flexibility index (Phi) is 13.2. The minimum atomic E-state index is -0.980. The van der Waals surface area contributed by atoms with Crippen LogP contribution < -0.4 is 5.32 Å². The molecule has 0 aromatic heterocycles. The predicted molar refractivity (Wildman–Crippen MR) is 162 cm³/mol. The van der Waals surface area contributed by atoms with Gasteiger partial charge in [-0.05, 0) is 74.3 Å². The second-order valence-corrected chi connectivity index (χ2v) is 13.0. The van der Waals surface area contributed by atoms with Gasteiger partial charge in [0.05, 0.1) is 19.3 Å². The fourth-order valence-electron chi connectivity index (χ4n) is 8.15. The topological polar surface area (TPSA) is 252 Å². The number of hydrogen-bond donors (Lipinski definition) is 3. The Morgan fingerprint density at radius 1 is 1.02 bits per heavy atom. The Balaban J connectivity index is 0.000000542. The molecule has 0 heterocycles. The van der Waals surface area contributed by atoms with Gasteiger partial charge in [-0.1, -0.05) is 25.5 Å². The van der Waals surface area contributed by atoms with Gasteiger partial charge in [0.1, 0.15) is 13.2 Å². The van der Waals surface area contributed by atoms with Crippen LogP contribution in [0.3, 0.4) is 0 Å². The number of fused-ring (bicyclic) bond motifs is 5. The molecular formula is C31H43N3O14. The zero-order valence-corrected chi connectivity index (χ0v) is 27.0. The SMILES string of the molecule is CC12C=CC(=O)C=C1CCC1C2C(O)CC2(C)C(C(=O)COC(=O)CNC(=O)CCCO[N+](=O)[O-])CCC12.O=C(O)CCCO[N+](=O)[O-]. The van der Waals surface area contributed by atoms with Gasteiger partial charge in [0.15, 0.2) is 11.6 Å². The maximum Gasteiger partial charge on any atom is 0.325 e. The van der Waals surface area contributed by atoms with Crippen molar-refractivity contribution in [3.8, 4) is 0 Å². The van der Waals surface area contributed by atoms with E-state index in [0.29, 0.717) is 12.8 Å². The lowest BCUT2D eigenvalue weighted by atomic mass is 9.46. The average molecular weight is 682 g/mol. The Labute approximate surface area is 276 Å². The summed E-state index contributed by atoms with van der Waals surface area (Å²) in [6.07, 6.45) is 8.50. The molecule has 0 aliphatic heterocycles. The third-order valence-corrected chi connectivity index (χ3v) is 10.2. The number of ketones is 2. The molecule has 0 bridgehead atoms. The van der Waals surface area contributed by atoms with E-state index in [1.54, 1.807) is 12.2 Å². The smallest absolute Gasteiger partial charge is 0.325 e. The van der Waals surface area contributed by atoms with Gasteiger partial charge in [0.25, 0.3) is 10.2 Å². The van der Waals surface area contributed by atoms with Gasteiger partial charge in [-0.15, -0.1) is 20.2 Å². The Morgan fingerprint density at radius 3 is 2.29 bits per heavy atom. The van der Waals surface area contributed by atoms with E-state index in [1.807, 2.05) is 6.08 Å². The van der Waals surface area contributed by atoms with E-state index >= 15 is 0 Å². The molecule has 4 aliphatic carbocycles. The maximum atomic E-state index is 13.2. The summed E-state index contributed by atoms with van der Waals surface area (Å²) in [7, 11) is 0. The first kappa shape index (κ1) is 38.0. The van der Waals surface area contributed by atoms with Crippen molar-refractivity contribution in [2.45, 2.75) is 77.7 Å². The molecule has 3 fully saturated rings. The van der Waals surface area contributed by atoms with Crippen LogP contribution in [0.25, 0.3) is 0 Å². The molecule has 3 saturated carbocycles. The molecule has 7 atom stereocenters. The quantitative estimate of drug-likeness (QED) is 0.0969. The Morgan fingerprint density at radius 2 is 1.67 bits per heavy atom. The number of carbonyl (C=O) groups excluding carboxylic acids is 4. The number of nitrogens with zero attached hydrogens (tertiary/aromatic N) is 2. The minimum Gasteiger partial charge on any atom is -0.481 e. The molecule has 7 unspecified atom stereocenters. The molecule has 0 aromatic rings. The van der Waals surface area contributed by atoms with Gasteiger partial charge in [-0.2, -0.15) is 0 Å². The fourth-order valence-corrected chi connectivity index (χ4v) is 8.15. The number of esters is 1. The fraction of sp³-hybridized carbons (Fsp3) is 0.710. The lowest BCUT2D eigenvalue weighted by Crippen LogP contribution is -2.56. The number of carboxylic acid groups (broad SMARTS) is 1. The number of aliphatic hydroxyl groups excluding tert-OH is 1. The number of aliphatic hydroxyl groups is 1. The van der Waals surface area contributed by atoms with E-state index in [9.17, 15) is 49.3 Å². The van der Waals surface area contributed by atoms with Crippen LogP contribution in [0.5, 0.6) is 0 Å². The summed E-state index contributed by atoms with van der Waals surface area (Å²) in [5.74, 6) is -2.24. The van der Waals surface area contributed by atoms with Gasteiger partial charge >= 0.3 is 11.9 Å². The molecule has 4 aliphatic rings. The summed E-state index contributed by atoms with van der Waals surface area (Å²) in [5.41, 5.74) is 0.318. The summed E-state index contributed by atoms with van der Waals surface area (Å²) < 4.78 is 5.15. The highest BCUT2D eigenvalue weighted by Crippen LogP contribution is 2.66. The molecule has 17 nitrogen and oxygen atoms in total. The number of carbonyl (C=O) groups is 5. The van der Waals surface area contributed by atoms with Crippen molar-refractivity contribution in [2.75, 3.05) is 26.4 Å². The number of carboxylic acids is 1. The van der Waals surface area contributed by atoms with Crippen LogP contribution in [0, 0.1) is 54.7 Å². The van der Waals surface area contributed by atoms with Crippen LogP contribution in [0.15, 0.2) is 23.8 Å². The zero-order chi connectivity index (χ0) is 35.6. The Hall–Kier alpha value is -4.41.